The maximum atomic E-state index is 2.45. The van der Waals surface area contributed by atoms with Crippen LogP contribution in [0.15, 0.2) is 0 Å². The minimum Gasteiger partial charge on any atom is -0.0651 e. The van der Waals surface area contributed by atoms with Gasteiger partial charge in [0.1, 0.15) is 0 Å². The fourth-order valence-electron chi connectivity index (χ4n) is 2.54. The molecule has 0 rings (SSSR count). The zero-order valence-corrected chi connectivity index (χ0v) is 12.0. The van der Waals surface area contributed by atoms with Gasteiger partial charge in [-0.2, -0.15) is 0 Å². The van der Waals surface area contributed by atoms with Gasteiger partial charge in [-0.25, -0.2) is 0 Å². The lowest BCUT2D eigenvalue weighted by molar-refractivity contribution is 0.204. The fourth-order valence-corrected chi connectivity index (χ4v) is 2.54. The Balaban J connectivity index is 4.15. The Kier molecular flexibility index (Phi) is 7.30. The first kappa shape index (κ1) is 15.0. The third kappa shape index (κ3) is 5.04. The smallest absolute Gasteiger partial charge is 0.0391 e. The molecule has 0 saturated carbocycles. The molecule has 4 unspecified atom stereocenters. The highest BCUT2D eigenvalue weighted by Gasteiger charge is 2.22. The molecular formula is C15H32. The van der Waals surface area contributed by atoms with E-state index in [1.807, 2.05) is 0 Å². The van der Waals surface area contributed by atoms with Gasteiger partial charge in [0.05, 0.1) is 0 Å². The quantitative estimate of drug-likeness (QED) is 0.531. The summed E-state index contributed by atoms with van der Waals surface area (Å²) in [5.41, 5.74) is 0. The highest BCUT2D eigenvalue weighted by atomic mass is 14.3. The molecule has 0 fully saturated rings. The minimum atomic E-state index is 0.849. The van der Waals surface area contributed by atoms with Gasteiger partial charge in [-0.15, -0.1) is 0 Å². The zero-order valence-electron chi connectivity index (χ0n) is 12.0. The fraction of sp³-hybridized carbons (Fsp3) is 1.00. The Bertz CT molecular complexity index is 148. The van der Waals surface area contributed by atoms with Crippen molar-refractivity contribution in [3.8, 4) is 0 Å². The highest BCUT2D eigenvalue weighted by molar-refractivity contribution is 4.72. The molecule has 0 radical (unpaired) electrons. The third-order valence-corrected chi connectivity index (χ3v) is 4.58. The second-order valence-electron chi connectivity index (χ2n) is 5.87. The lowest BCUT2D eigenvalue weighted by Gasteiger charge is -2.30. The lowest BCUT2D eigenvalue weighted by atomic mass is 9.76. The normalized spacial score (nSPS) is 20.0. The maximum absolute atomic E-state index is 2.45. The average molecular weight is 212 g/mol. The van der Waals surface area contributed by atoms with Crippen LogP contribution in [0.2, 0.25) is 0 Å². The van der Waals surface area contributed by atoms with E-state index < -0.39 is 0 Å². The van der Waals surface area contributed by atoms with Crippen molar-refractivity contribution in [3.05, 3.63) is 0 Å². The molecule has 0 heterocycles. The van der Waals surface area contributed by atoms with Crippen LogP contribution in [0.3, 0.4) is 0 Å². The molecule has 0 amide bonds. The predicted molar refractivity (Wildman–Crippen MR) is 71.0 cm³/mol. The van der Waals surface area contributed by atoms with Crippen molar-refractivity contribution in [3.63, 3.8) is 0 Å². The molecule has 0 aliphatic rings. The molecule has 0 aromatic rings. The first-order valence-electron chi connectivity index (χ1n) is 6.93. The van der Waals surface area contributed by atoms with Crippen molar-refractivity contribution in [1.29, 1.82) is 0 Å². The molecule has 15 heavy (non-hydrogen) atoms. The summed E-state index contributed by atoms with van der Waals surface area (Å²) in [7, 11) is 0. The summed E-state index contributed by atoms with van der Waals surface area (Å²) in [6.45, 7) is 16.7. The summed E-state index contributed by atoms with van der Waals surface area (Å²) in [6, 6.07) is 0. The molecule has 0 aromatic carbocycles. The van der Waals surface area contributed by atoms with Gasteiger partial charge in [-0.3, -0.25) is 0 Å². The van der Waals surface area contributed by atoms with Crippen LogP contribution in [0.5, 0.6) is 0 Å². The van der Waals surface area contributed by atoms with Crippen molar-refractivity contribution in [1.82, 2.24) is 0 Å². The molecule has 0 heteroatoms. The molecule has 0 nitrogen and oxygen atoms in total. The Hall–Kier alpha value is 0. The summed E-state index contributed by atoms with van der Waals surface area (Å²) in [5, 5.41) is 0. The molecule has 0 saturated heterocycles. The Morgan fingerprint density at radius 2 is 1.27 bits per heavy atom. The number of hydrogen-bond acceptors (Lipinski definition) is 0. The minimum absolute atomic E-state index is 0.849. The summed E-state index contributed by atoms with van der Waals surface area (Å²) < 4.78 is 0. The van der Waals surface area contributed by atoms with E-state index >= 15 is 0 Å². The maximum Gasteiger partial charge on any atom is -0.0391 e. The molecule has 0 N–H and O–H groups in total. The van der Waals surface area contributed by atoms with Gasteiger partial charge in [0.2, 0.25) is 0 Å². The van der Waals surface area contributed by atoms with Crippen LogP contribution in [0, 0.1) is 29.6 Å². The van der Waals surface area contributed by atoms with E-state index in [1.54, 1.807) is 0 Å². The third-order valence-electron chi connectivity index (χ3n) is 4.58. The zero-order chi connectivity index (χ0) is 12.0. The van der Waals surface area contributed by atoms with Crippen LogP contribution >= 0.6 is 0 Å². The standard InChI is InChI=1S/C15H32/c1-8-12(5)14(7)13(6)10-15(9-2)11(3)4/h11-15H,8-10H2,1-7H3. The van der Waals surface area contributed by atoms with Crippen LogP contribution in [0.4, 0.5) is 0 Å². The summed E-state index contributed by atoms with van der Waals surface area (Å²) in [6.07, 6.45) is 4.08. The monoisotopic (exact) mass is 212 g/mol. The second kappa shape index (κ2) is 7.30. The molecule has 0 bridgehead atoms. The van der Waals surface area contributed by atoms with Gasteiger partial charge in [-0.1, -0.05) is 61.3 Å². The first-order chi connectivity index (χ1) is 6.93. The van der Waals surface area contributed by atoms with Gasteiger partial charge in [0.15, 0.2) is 0 Å². The van der Waals surface area contributed by atoms with Gasteiger partial charge in [0.25, 0.3) is 0 Å². The SMILES string of the molecule is CCC(C)C(C)C(C)CC(CC)C(C)C. The van der Waals surface area contributed by atoms with E-state index in [1.165, 1.54) is 19.3 Å². The van der Waals surface area contributed by atoms with Crippen LogP contribution in [0.25, 0.3) is 0 Å². The van der Waals surface area contributed by atoms with Crippen LogP contribution in [-0.4, -0.2) is 0 Å². The van der Waals surface area contributed by atoms with Crippen molar-refractivity contribution in [2.24, 2.45) is 29.6 Å². The van der Waals surface area contributed by atoms with Gasteiger partial charge >= 0.3 is 0 Å². The van der Waals surface area contributed by atoms with Gasteiger partial charge in [-0.05, 0) is 36.0 Å². The summed E-state index contributed by atoms with van der Waals surface area (Å²) >= 11 is 0. The van der Waals surface area contributed by atoms with E-state index in [9.17, 15) is 0 Å². The lowest BCUT2D eigenvalue weighted by Crippen LogP contribution is -2.21. The van der Waals surface area contributed by atoms with Crippen molar-refractivity contribution < 1.29 is 0 Å². The molecular weight excluding hydrogens is 180 g/mol. The average Bonchev–Trinajstić information content (AvgIpc) is 2.22. The van der Waals surface area contributed by atoms with E-state index in [4.69, 9.17) is 0 Å². The van der Waals surface area contributed by atoms with E-state index in [0.29, 0.717) is 0 Å². The highest BCUT2D eigenvalue weighted by Crippen LogP contribution is 2.31. The Labute approximate surface area is 97.8 Å². The first-order valence-corrected chi connectivity index (χ1v) is 6.93. The van der Waals surface area contributed by atoms with E-state index in [2.05, 4.69) is 48.5 Å². The summed E-state index contributed by atoms with van der Waals surface area (Å²) in [5.74, 6) is 4.41. The molecule has 0 aliphatic carbocycles. The van der Waals surface area contributed by atoms with Crippen LogP contribution < -0.4 is 0 Å². The van der Waals surface area contributed by atoms with Gasteiger partial charge < -0.3 is 0 Å². The Morgan fingerprint density at radius 3 is 1.60 bits per heavy atom. The molecule has 0 aromatic heterocycles. The molecule has 4 atom stereocenters. The van der Waals surface area contributed by atoms with E-state index in [-0.39, 0.29) is 0 Å². The summed E-state index contributed by atoms with van der Waals surface area (Å²) in [4.78, 5) is 0. The molecule has 0 spiro atoms. The van der Waals surface area contributed by atoms with Crippen LogP contribution in [0.1, 0.15) is 67.7 Å². The van der Waals surface area contributed by atoms with Crippen molar-refractivity contribution in [2.75, 3.05) is 0 Å². The van der Waals surface area contributed by atoms with Crippen LogP contribution in [-0.2, 0) is 0 Å². The molecule has 0 aliphatic heterocycles. The van der Waals surface area contributed by atoms with E-state index in [0.717, 1.165) is 29.6 Å². The van der Waals surface area contributed by atoms with Crippen molar-refractivity contribution >= 4 is 0 Å². The Morgan fingerprint density at radius 1 is 0.733 bits per heavy atom. The second-order valence-corrected chi connectivity index (χ2v) is 5.87. The predicted octanol–water partition coefficient (Wildman–Crippen LogP) is 5.38. The number of hydrogen-bond donors (Lipinski definition) is 0. The topological polar surface area (TPSA) is 0 Å². The van der Waals surface area contributed by atoms with Gasteiger partial charge in [0, 0.05) is 0 Å². The van der Waals surface area contributed by atoms with Crippen molar-refractivity contribution in [2.45, 2.75) is 67.7 Å². The molecule has 92 valence electrons. The largest absolute Gasteiger partial charge is 0.0651 e. The number of rotatable bonds is 7.